The number of amides is 1. The van der Waals surface area contributed by atoms with Crippen LogP contribution in [0.1, 0.15) is 28.3 Å². The third-order valence-corrected chi connectivity index (χ3v) is 2.97. The lowest BCUT2D eigenvalue weighted by Gasteiger charge is -2.06. The standard InChI is InChI=1S/C13H19N7O/c1-9-6-10(2)20(19-9)5-3-4-15-13(21)11-7-17-12(18-14)8-16-11/h6-8H,3-5,14H2,1-2H3,(H,15,21)(H,17,18). The van der Waals surface area contributed by atoms with Gasteiger partial charge in [-0.2, -0.15) is 5.10 Å². The van der Waals surface area contributed by atoms with E-state index in [1.54, 1.807) is 0 Å². The molecule has 0 spiro atoms. The number of nitrogens with two attached hydrogens (primary N) is 1. The van der Waals surface area contributed by atoms with Crippen LogP contribution in [-0.2, 0) is 6.54 Å². The predicted octanol–water partition coefficient (Wildman–Crippen LogP) is 0.396. The van der Waals surface area contributed by atoms with Gasteiger partial charge >= 0.3 is 0 Å². The predicted molar refractivity (Wildman–Crippen MR) is 78.5 cm³/mol. The van der Waals surface area contributed by atoms with Crippen molar-refractivity contribution in [2.75, 3.05) is 12.0 Å². The molecule has 0 atom stereocenters. The van der Waals surface area contributed by atoms with Gasteiger partial charge in [0, 0.05) is 18.8 Å². The quantitative estimate of drug-likeness (QED) is 0.403. The molecule has 8 nitrogen and oxygen atoms in total. The first-order chi connectivity index (χ1) is 10.1. The summed E-state index contributed by atoms with van der Waals surface area (Å²) in [4.78, 5) is 19.7. The molecule has 112 valence electrons. The summed E-state index contributed by atoms with van der Waals surface area (Å²) in [5.74, 6) is 5.34. The van der Waals surface area contributed by atoms with Gasteiger partial charge in [-0.1, -0.05) is 0 Å². The van der Waals surface area contributed by atoms with Crippen LogP contribution >= 0.6 is 0 Å². The van der Waals surface area contributed by atoms with Gasteiger partial charge in [0.1, 0.15) is 5.69 Å². The zero-order chi connectivity index (χ0) is 15.2. The molecular formula is C13H19N7O. The maximum atomic E-state index is 11.8. The van der Waals surface area contributed by atoms with Gasteiger partial charge in [0.05, 0.1) is 18.1 Å². The molecule has 1 amide bonds. The second kappa shape index (κ2) is 6.80. The molecule has 0 aliphatic heterocycles. The summed E-state index contributed by atoms with van der Waals surface area (Å²) >= 11 is 0. The topological polar surface area (TPSA) is 111 Å². The molecule has 0 fully saturated rings. The highest BCUT2D eigenvalue weighted by atomic mass is 16.1. The van der Waals surface area contributed by atoms with E-state index in [2.05, 4.69) is 25.8 Å². The number of hydrazine groups is 1. The van der Waals surface area contributed by atoms with E-state index in [1.807, 2.05) is 24.6 Å². The Labute approximate surface area is 122 Å². The molecule has 2 rings (SSSR count). The minimum atomic E-state index is -0.251. The van der Waals surface area contributed by atoms with E-state index >= 15 is 0 Å². The van der Waals surface area contributed by atoms with Crippen molar-refractivity contribution in [3.63, 3.8) is 0 Å². The van der Waals surface area contributed by atoms with Gasteiger partial charge in [-0.3, -0.25) is 9.48 Å². The summed E-state index contributed by atoms with van der Waals surface area (Å²) in [6.45, 7) is 5.29. The molecule has 0 saturated heterocycles. The normalized spacial score (nSPS) is 10.4. The van der Waals surface area contributed by atoms with Crippen molar-refractivity contribution < 1.29 is 4.79 Å². The molecule has 2 heterocycles. The highest BCUT2D eigenvalue weighted by Crippen LogP contribution is 2.02. The van der Waals surface area contributed by atoms with Crippen molar-refractivity contribution in [1.82, 2.24) is 25.1 Å². The zero-order valence-corrected chi connectivity index (χ0v) is 12.1. The van der Waals surface area contributed by atoms with Gasteiger partial charge in [0.25, 0.3) is 5.91 Å². The summed E-state index contributed by atoms with van der Waals surface area (Å²) in [5.41, 5.74) is 4.74. The van der Waals surface area contributed by atoms with Crippen molar-refractivity contribution in [3.8, 4) is 0 Å². The Morgan fingerprint density at radius 1 is 1.33 bits per heavy atom. The Bertz CT molecular complexity index is 605. The molecule has 0 bridgehead atoms. The maximum Gasteiger partial charge on any atom is 0.271 e. The third kappa shape index (κ3) is 3.99. The molecule has 0 saturated carbocycles. The average molecular weight is 289 g/mol. The van der Waals surface area contributed by atoms with Crippen LogP contribution in [-0.4, -0.2) is 32.2 Å². The first-order valence-electron chi connectivity index (χ1n) is 6.68. The summed E-state index contributed by atoms with van der Waals surface area (Å²) in [7, 11) is 0. The van der Waals surface area contributed by atoms with Crippen LogP contribution in [0.25, 0.3) is 0 Å². The number of aryl methyl sites for hydroxylation is 3. The minimum Gasteiger partial charge on any atom is -0.351 e. The van der Waals surface area contributed by atoms with E-state index in [0.29, 0.717) is 12.4 Å². The largest absolute Gasteiger partial charge is 0.351 e. The van der Waals surface area contributed by atoms with Crippen LogP contribution in [0.5, 0.6) is 0 Å². The van der Waals surface area contributed by atoms with Crippen LogP contribution in [0.15, 0.2) is 18.5 Å². The summed E-state index contributed by atoms with van der Waals surface area (Å²) in [6.07, 6.45) is 3.58. The lowest BCUT2D eigenvalue weighted by molar-refractivity contribution is 0.0947. The molecular weight excluding hydrogens is 270 g/mol. The van der Waals surface area contributed by atoms with E-state index in [4.69, 9.17) is 5.84 Å². The number of nitrogen functional groups attached to an aromatic ring is 1. The van der Waals surface area contributed by atoms with E-state index in [-0.39, 0.29) is 11.6 Å². The smallest absolute Gasteiger partial charge is 0.271 e. The van der Waals surface area contributed by atoms with Gasteiger partial charge in [-0.05, 0) is 26.3 Å². The fourth-order valence-electron chi connectivity index (χ4n) is 1.94. The lowest BCUT2D eigenvalue weighted by atomic mass is 10.3. The van der Waals surface area contributed by atoms with E-state index in [0.717, 1.165) is 24.4 Å². The molecule has 4 N–H and O–H groups in total. The fourth-order valence-corrected chi connectivity index (χ4v) is 1.94. The summed E-state index contributed by atoms with van der Waals surface area (Å²) in [6, 6.07) is 2.03. The van der Waals surface area contributed by atoms with Crippen molar-refractivity contribution in [2.45, 2.75) is 26.8 Å². The fraction of sp³-hybridized carbons (Fsp3) is 0.385. The molecule has 2 aromatic heterocycles. The Balaban J connectivity index is 1.77. The average Bonchev–Trinajstić information content (AvgIpc) is 2.81. The van der Waals surface area contributed by atoms with Gasteiger partial charge in [-0.15, -0.1) is 0 Å². The van der Waals surface area contributed by atoms with Crippen LogP contribution in [0, 0.1) is 13.8 Å². The Morgan fingerprint density at radius 3 is 2.71 bits per heavy atom. The second-order valence-corrected chi connectivity index (χ2v) is 4.69. The van der Waals surface area contributed by atoms with Gasteiger partial charge in [-0.25, -0.2) is 15.8 Å². The summed E-state index contributed by atoms with van der Waals surface area (Å²) < 4.78 is 1.93. The molecule has 0 unspecified atom stereocenters. The van der Waals surface area contributed by atoms with Crippen molar-refractivity contribution in [1.29, 1.82) is 0 Å². The molecule has 8 heteroatoms. The van der Waals surface area contributed by atoms with Gasteiger partial charge in [0.2, 0.25) is 0 Å². The number of anilines is 1. The van der Waals surface area contributed by atoms with E-state index in [9.17, 15) is 4.79 Å². The monoisotopic (exact) mass is 289 g/mol. The number of nitrogens with zero attached hydrogens (tertiary/aromatic N) is 4. The number of carbonyl (C=O) groups excluding carboxylic acids is 1. The first kappa shape index (κ1) is 14.9. The van der Waals surface area contributed by atoms with Crippen molar-refractivity contribution in [2.24, 2.45) is 5.84 Å². The van der Waals surface area contributed by atoms with Gasteiger partial charge < -0.3 is 10.7 Å². The zero-order valence-electron chi connectivity index (χ0n) is 12.1. The van der Waals surface area contributed by atoms with E-state index < -0.39 is 0 Å². The second-order valence-electron chi connectivity index (χ2n) is 4.69. The van der Waals surface area contributed by atoms with E-state index in [1.165, 1.54) is 12.4 Å². The molecule has 0 aromatic carbocycles. The van der Waals surface area contributed by atoms with Crippen LogP contribution in [0.4, 0.5) is 5.82 Å². The molecule has 0 radical (unpaired) electrons. The maximum absolute atomic E-state index is 11.8. The first-order valence-corrected chi connectivity index (χ1v) is 6.68. The van der Waals surface area contributed by atoms with Crippen molar-refractivity contribution in [3.05, 3.63) is 35.5 Å². The molecule has 21 heavy (non-hydrogen) atoms. The highest BCUT2D eigenvalue weighted by Gasteiger charge is 2.07. The number of nitrogens with one attached hydrogen (secondary N) is 2. The minimum absolute atomic E-state index is 0.251. The Hall–Kier alpha value is -2.48. The Kier molecular flexibility index (Phi) is 4.83. The van der Waals surface area contributed by atoms with Crippen LogP contribution in [0.2, 0.25) is 0 Å². The number of hydrogen-bond acceptors (Lipinski definition) is 6. The molecule has 2 aromatic rings. The number of rotatable bonds is 6. The lowest BCUT2D eigenvalue weighted by Crippen LogP contribution is -2.26. The number of carbonyl (C=O) groups is 1. The van der Waals surface area contributed by atoms with Crippen molar-refractivity contribution >= 4 is 11.7 Å². The highest BCUT2D eigenvalue weighted by molar-refractivity contribution is 5.91. The van der Waals surface area contributed by atoms with Crippen LogP contribution < -0.4 is 16.6 Å². The van der Waals surface area contributed by atoms with Gasteiger partial charge in [0.15, 0.2) is 5.82 Å². The number of aromatic nitrogens is 4. The summed E-state index contributed by atoms with van der Waals surface area (Å²) in [5, 5.41) is 7.17. The SMILES string of the molecule is Cc1cc(C)n(CCCNC(=O)c2cnc(NN)cn2)n1. The third-order valence-electron chi connectivity index (χ3n) is 2.97. The molecule has 0 aliphatic carbocycles. The Morgan fingerprint density at radius 2 is 2.14 bits per heavy atom. The molecule has 0 aliphatic rings. The van der Waals surface area contributed by atoms with Crippen LogP contribution in [0.3, 0.4) is 0 Å². The number of hydrogen-bond donors (Lipinski definition) is 3.